The molecule has 0 bridgehead atoms. The first-order valence-corrected chi connectivity index (χ1v) is 11.0. The molecule has 176 valence electrons. The second-order valence-electron chi connectivity index (χ2n) is 8.53. The Bertz CT molecular complexity index is 703. The van der Waals surface area contributed by atoms with Crippen molar-refractivity contribution in [1.29, 1.82) is 0 Å². The maximum absolute atomic E-state index is 12.8. The van der Waals surface area contributed by atoms with E-state index in [9.17, 15) is 4.79 Å². The van der Waals surface area contributed by atoms with Gasteiger partial charge in [-0.15, -0.1) is 24.0 Å². The van der Waals surface area contributed by atoms with Crippen LogP contribution >= 0.6 is 24.0 Å². The highest BCUT2D eigenvalue weighted by atomic mass is 127. The molecule has 0 aromatic heterocycles. The van der Waals surface area contributed by atoms with E-state index in [4.69, 9.17) is 9.73 Å². The third kappa shape index (κ3) is 8.84. The van der Waals surface area contributed by atoms with Gasteiger partial charge in [0.05, 0.1) is 12.0 Å². The molecule has 1 aliphatic rings. The molecule has 0 saturated heterocycles. The number of nitrogens with one attached hydrogen (secondary N) is 2. The molecular formula is C23H40IN5O2. The Morgan fingerprint density at radius 3 is 2.48 bits per heavy atom. The van der Waals surface area contributed by atoms with E-state index in [2.05, 4.69) is 21.6 Å². The molecule has 1 aromatic rings. The minimum atomic E-state index is -0.320. The van der Waals surface area contributed by atoms with Crippen molar-refractivity contribution >= 4 is 35.8 Å². The van der Waals surface area contributed by atoms with E-state index < -0.39 is 0 Å². The third-order valence-electron chi connectivity index (χ3n) is 5.48. The van der Waals surface area contributed by atoms with Crippen molar-refractivity contribution in [3.05, 3.63) is 29.8 Å². The number of hydrogen-bond acceptors (Lipinski definition) is 4. The highest BCUT2D eigenvalue weighted by Gasteiger charge is 2.42. The molecule has 2 N–H and O–H groups in total. The van der Waals surface area contributed by atoms with Crippen LogP contribution in [0.25, 0.3) is 0 Å². The number of benzene rings is 1. The number of likely N-dealkylation sites (N-methyl/N-ethyl adjacent to an activating group) is 1. The van der Waals surface area contributed by atoms with Crippen molar-refractivity contribution in [2.24, 2.45) is 10.4 Å². The molecule has 2 rings (SSSR count). The SMILES string of the molecule is CCNC(=NCc1cccc(OCCN(C)C)c1)NCC1(C(=O)N(C)C)CCCC1.I. The van der Waals surface area contributed by atoms with Gasteiger partial charge in [0.25, 0.3) is 0 Å². The van der Waals surface area contributed by atoms with E-state index in [-0.39, 0.29) is 35.3 Å². The van der Waals surface area contributed by atoms with E-state index in [0.29, 0.717) is 19.7 Å². The van der Waals surface area contributed by atoms with Crippen molar-refractivity contribution in [3.8, 4) is 5.75 Å². The minimum absolute atomic E-state index is 0. The monoisotopic (exact) mass is 545 g/mol. The maximum atomic E-state index is 12.8. The molecule has 0 radical (unpaired) electrons. The number of rotatable bonds is 10. The fourth-order valence-corrected chi connectivity index (χ4v) is 3.84. The van der Waals surface area contributed by atoms with Gasteiger partial charge in [-0.05, 0) is 51.6 Å². The normalized spacial score (nSPS) is 15.4. The van der Waals surface area contributed by atoms with Crippen LogP contribution in [0.1, 0.15) is 38.2 Å². The second-order valence-corrected chi connectivity index (χ2v) is 8.53. The summed E-state index contributed by atoms with van der Waals surface area (Å²) < 4.78 is 5.83. The third-order valence-corrected chi connectivity index (χ3v) is 5.48. The van der Waals surface area contributed by atoms with Gasteiger partial charge in [-0.1, -0.05) is 25.0 Å². The molecule has 8 heteroatoms. The first-order valence-electron chi connectivity index (χ1n) is 11.0. The van der Waals surface area contributed by atoms with E-state index >= 15 is 0 Å². The summed E-state index contributed by atoms with van der Waals surface area (Å²) in [6, 6.07) is 8.07. The summed E-state index contributed by atoms with van der Waals surface area (Å²) in [5.41, 5.74) is 0.773. The summed E-state index contributed by atoms with van der Waals surface area (Å²) in [6.45, 7) is 5.52. The number of amides is 1. The topological polar surface area (TPSA) is 69.2 Å². The lowest BCUT2D eigenvalue weighted by Gasteiger charge is -2.31. The van der Waals surface area contributed by atoms with Crippen molar-refractivity contribution in [2.75, 3.05) is 54.4 Å². The number of carbonyl (C=O) groups excluding carboxylic acids is 1. The molecule has 0 heterocycles. The Hall–Kier alpha value is -1.55. The Labute approximate surface area is 205 Å². The van der Waals surface area contributed by atoms with Crippen molar-refractivity contribution in [1.82, 2.24) is 20.4 Å². The highest BCUT2D eigenvalue weighted by Crippen LogP contribution is 2.38. The smallest absolute Gasteiger partial charge is 0.230 e. The summed E-state index contributed by atoms with van der Waals surface area (Å²) in [5, 5.41) is 6.73. The molecular weight excluding hydrogens is 505 g/mol. The van der Waals surface area contributed by atoms with Crippen LogP contribution in [0.4, 0.5) is 0 Å². The Balaban J connectivity index is 0.00000480. The standard InChI is InChI=1S/C23H39N5O2.HI/c1-6-24-22(26-18-23(12-7-8-13-23)21(29)28(4)5)25-17-19-10-9-11-20(16-19)30-15-14-27(2)3;/h9-11,16H,6-8,12-15,17-18H2,1-5H3,(H2,24,25,26);1H. The maximum Gasteiger partial charge on any atom is 0.230 e. The molecule has 1 fully saturated rings. The van der Waals surface area contributed by atoms with Gasteiger partial charge in [-0.3, -0.25) is 4.79 Å². The number of guanidine groups is 1. The molecule has 1 aliphatic carbocycles. The van der Waals surface area contributed by atoms with Crippen LogP contribution in [0.3, 0.4) is 0 Å². The fourth-order valence-electron chi connectivity index (χ4n) is 3.84. The van der Waals surface area contributed by atoms with Crippen LogP contribution < -0.4 is 15.4 Å². The lowest BCUT2D eigenvalue weighted by Crippen LogP contribution is -2.49. The van der Waals surface area contributed by atoms with Crippen LogP contribution in [-0.2, 0) is 11.3 Å². The van der Waals surface area contributed by atoms with Gasteiger partial charge in [0, 0.05) is 33.7 Å². The molecule has 1 amide bonds. The number of aliphatic imine (C=N–C) groups is 1. The number of carbonyl (C=O) groups is 1. The van der Waals surface area contributed by atoms with Crippen molar-refractivity contribution < 1.29 is 9.53 Å². The Morgan fingerprint density at radius 1 is 1.16 bits per heavy atom. The zero-order valence-corrected chi connectivity index (χ0v) is 22.1. The van der Waals surface area contributed by atoms with Crippen LogP contribution in [0.2, 0.25) is 0 Å². The zero-order valence-electron chi connectivity index (χ0n) is 19.7. The first kappa shape index (κ1) is 27.5. The number of ether oxygens (including phenoxy) is 1. The molecule has 1 saturated carbocycles. The van der Waals surface area contributed by atoms with E-state index in [1.54, 1.807) is 4.90 Å². The predicted octanol–water partition coefficient (Wildman–Crippen LogP) is 2.95. The zero-order chi connectivity index (χ0) is 22.0. The van der Waals surface area contributed by atoms with E-state index in [1.165, 1.54) is 0 Å². The van der Waals surface area contributed by atoms with Crippen LogP contribution in [0, 0.1) is 5.41 Å². The van der Waals surface area contributed by atoms with Gasteiger partial charge >= 0.3 is 0 Å². The van der Waals surface area contributed by atoms with Gasteiger partial charge in [0.15, 0.2) is 5.96 Å². The molecule has 0 aliphatic heterocycles. The largest absolute Gasteiger partial charge is 0.492 e. The summed E-state index contributed by atoms with van der Waals surface area (Å²) in [5.74, 6) is 1.82. The lowest BCUT2D eigenvalue weighted by molar-refractivity contribution is -0.138. The summed E-state index contributed by atoms with van der Waals surface area (Å²) in [4.78, 5) is 21.3. The van der Waals surface area contributed by atoms with Gasteiger partial charge in [-0.25, -0.2) is 4.99 Å². The van der Waals surface area contributed by atoms with Gasteiger partial charge in [-0.2, -0.15) is 0 Å². The molecule has 31 heavy (non-hydrogen) atoms. The van der Waals surface area contributed by atoms with Crippen molar-refractivity contribution in [2.45, 2.75) is 39.2 Å². The minimum Gasteiger partial charge on any atom is -0.492 e. The van der Waals surface area contributed by atoms with Crippen LogP contribution in [-0.4, -0.2) is 76.1 Å². The first-order chi connectivity index (χ1) is 14.4. The Morgan fingerprint density at radius 2 is 1.87 bits per heavy atom. The number of halogens is 1. The molecule has 7 nitrogen and oxygen atoms in total. The molecule has 1 aromatic carbocycles. The second kappa shape index (κ2) is 13.8. The quantitative estimate of drug-likeness (QED) is 0.269. The number of hydrogen-bond donors (Lipinski definition) is 2. The number of nitrogens with zero attached hydrogens (tertiary/aromatic N) is 3. The molecule has 0 spiro atoms. The highest BCUT2D eigenvalue weighted by molar-refractivity contribution is 14.0. The van der Waals surface area contributed by atoms with Crippen LogP contribution in [0.5, 0.6) is 5.75 Å². The fraction of sp³-hybridized carbons (Fsp3) is 0.652. The van der Waals surface area contributed by atoms with Gasteiger partial charge < -0.3 is 25.2 Å². The summed E-state index contributed by atoms with van der Waals surface area (Å²) >= 11 is 0. The van der Waals surface area contributed by atoms with E-state index in [1.807, 2.05) is 53.3 Å². The molecule has 0 unspecified atom stereocenters. The summed E-state index contributed by atoms with van der Waals surface area (Å²) in [7, 11) is 7.75. The van der Waals surface area contributed by atoms with Crippen LogP contribution in [0.15, 0.2) is 29.3 Å². The lowest BCUT2D eigenvalue weighted by atomic mass is 9.84. The van der Waals surface area contributed by atoms with E-state index in [0.717, 1.165) is 56.0 Å². The van der Waals surface area contributed by atoms with Crippen molar-refractivity contribution in [3.63, 3.8) is 0 Å². The van der Waals surface area contributed by atoms with Gasteiger partial charge in [0.2, 0.25) is 5.91 Å². The average molecular weight is 546 g/mol. The average Bonchev–Trinajstić information content (AvgIpc) is 3.19. The molecule has 0 atom stereocenters. The van der Waals surface area contributed by atoms with Gasteiger partial charge in [0.1, 0.15) is 12.4 Å². The summed E-state index contributed by atoms with van der Waals surface area (Å²) in [6.07, 6.45) is 4.08. The predicted molar refractivity (Wildman–Crippen MR) is 138 cm³/mol. The Kier molecular flexibility index (Phi) is 12.2.